The zero-order valence-corrected chi connectivity index (χ0v) is 12.9. The number of ether oxygens (including phenoxy) is 1. The predicted octanol–water partition coefficient (Wildman–Crippen LogP) is 4.88. The lowest BCUT2D eigenvalue weighted by Gasteiger charge is -2.13. The molecular formula is C16H17ClN2O2. The first kappa shape index (κ1) is 15.2. The van der Waals surface area contributed by atoms with Crippen LogP contribution >= 0.6 is 11.6 Å². The number of hydrogen-bond acceptors (Lipinski definition) is 3. The second-order valence-corrected chi connectivity index (χ2v) is 5.16. The van der Waals surface area contributed by atoms with Crippen molar-refractivity contribution in [2.75, 3.05) is 17.7 Å². The van der Waals surface area contributed by atoms with Crippen LogP contribution in [0.25, 0.3) is 0 Å². The summed E-state index contributed by atoms with van der Waals surface area (Å²) in [6, 6.07) is 11.3. The number of rotatable bonds is 3. The standard InChI is InChI=1S/C16H17ClN2O2/c1-10-8-11(2)15(14(17)9-10)18-12-4-6-13(7-5-12)19-16(20)21-3/h4-9,18H,1-3H3,(H,19,20). The Kier molecular flexibility index (Phi) is 4.70. The number of benzene rings is 2. The quantitative estimate of drug-likeness (QED) is 0.849. The van der Waals surface area contributed by atoms with Gasteiger partial charge in [0, 0.05) is 11.4 Å². The fourth-order valence-electron chi connectivity index (χ4n) is 2.02. The maximum atomic E-state index is 11.1. The first-order valence-corrected chi connectivity index (χ1v) is 6.86. The topological polar surface area (TPSA) is 50.4 Å². The summed E-state index contributed by atoms with van der Waals surface area (Å²) in [6.07, 6.45) is -0.492. The average molecular weight is 305 g/mol. The van der Waals surface area contributed by atoms with Crippen LogP contribution in [-0.2, 0) is 4.74 Å². The first-order chi connectivity index (χ1) is 9.99. The summed E-state index contributed by atoms with van der Waals surface area (Å²) in [6.45, 7) is 4.02. The van der Waals surface area contributed by atoms with Gasteiger partial charge in [0.1, 0.15) is 0 Å². The van der Waals surface area contributed by atoms with Gasteiger partial charge in [-0.3, -0.25) is 5.32 Å². The highest BCUT2D eigenvalue weighted by molar-refractivity contribution is 6.33. The number of methoxy groups -OCH3 is 1. The monoisotopic (exact) mass is 304 g/mol. The molecule has 0 aromatic heterocycles. The average Bonchev–Trinajstić information content (AvgIpc) is 2.44. The lowest BCUT2D eigenvalue weighted by molar-refractivity contribution is 0.187. The molecule has 0 bridgehead atoms. The molecule has 21 heavy (non-hydrogen) atoms. The van der Waals surface area contributed by atoms with Gasteiger partial charge in [-0.1, -0.05) is 17.7 Å². The maximum Gasteiger partial charge on any atom is 0.411 e. The fraction of sp³-hybridized carbons (Fsp3) is 0.188. The molecule has 0 aliphatic heterocycles. The Balaban J connectivity index is 2.16. The molecule has 0 spiro atoms. The minimum Gasteiger partial charge on any atom is -0.453 e. The van der Waals surface area contributed by atoms with Crippen molar-refractivity contribution >= 4 is 34.8 Å². The summed E-state index contributed by atoms with van der Waals surface area (Å²) in [5.74, 6) is 0. The van der Waals surface area contributed by atoms with Gasteiger partial charge in [-0.05, 0) is 55.3 Å². The molecule has 1 amide bonds. The molecule has 2 aromatic carbocycles. The number of nitrogens with one attached hydrogen (secondary N) is 2. The molecule has 0 heterocycles. The zero-order valence-electron chi connectivity index (χ0n) is 12.2. The number of amides is 1. The van der Waals surface area contributed by atoms with E-state index in [2.05, 4.69) is 21.4 Å². The minimum absolute atomic E-state index is 0.492. The third-order valence-corrected chi connectivity index (χ3v) is 3.32. The Hall–Kier alpha value is -2.20. The van der Waals surface area contributed by atoms with Gasteiger partial charge in [-0.25, -0.2) is 4.79 Å². The molecule has 4 nitrogen and oxygen atoms in total. The van der Waals surface area contributed by atoms with E-state index in [1.807, 2.05) is 32.0 Å². The third kappa shape index (κ3) is 3.89. The van der Waals surface area contributed by atoms with Crippen LogP contribution in [0.1, 0.15) is 11.1 Å². The highest BCUT2D eigenvalue weighted by Gasteiger charge is 2.06. The van der Waals surface area contributed by atoms with E-state index in [4.69, 9.17) is 11.6 Å². The van der Waals surface area contributed by atoms with Crippen LogP contribution in [0.15, 0.2) is 36.4 Å². The van der Waals surface area contributed by atoms with Crippen molar-refractivity contribution in [1.82, 2.24) is 0 Å². The second kappa shape index (κ2) is 6.50. The van der Waals surface area contributed by atoms with Gasteiger partial charge >= 0.3 is 6.09 Å². The van der Waals surface area contributed by atoms with E-state index in [0.29, 0.717) is 10.7 Å². The van der Waals surface area contributed by atoms with Gasteiger partial charge in [-0.15, -0.1) is 0 Å². The maximum absolute atomic E-state index is 11.1. The van der Waals surface area contributed by atoms with E-state index in [9.17, 15) is 4.79 Å². The third-order valence-electron chi connectivity index (χ3n) is 3.02. The van der Waals surface area contributed by atoms with Crippen LogP contribution in [0, 0.1) is 13.8 Å². The lowest BCUT2D eigenvalue weighted by atomic mass is 10.1. The summed E-state index contributed by atoms with van der Waals surface area (Å²) in [7, 11) is 1.33. The molecule has 0 saturated carbocycles. The van der Waals surface area contributed by atoms with Gasteiger partial charge in [-0.2, -0.15) is 0 Å². The Morgan fingerprint density at radius 3 is 2.29 bits per heavy atom. The summed E-state index contributed by atoms with van der Waals surface area (Å²) in [4.78, 5) is 11.1. The number of halogens is 1. The van der Waals surface area contributed by atoms with E-state index in [0.717, 1.165) is 22.5 Å². The van der Waals surface area contributed by atoms with Gasteiger partial charge in [0.15, 0.2) is 0 Å². The normalized spacial score (nSPS) is 10.1. The van der Waals surface area contributed by atoms with Crippen molar-refractivity contribution in [2.45, 2.75) is 13.8 Å². The summed E-state index contributed by atoms with van der Waals surface area (Å²) < 4.78 is 4.54. The van der Waals surface area contributed by atoms with Crippen molar-refractivity contribution in [3.8, 4) is 0 Å². The van der Waals surface area contributed by atoms with Crippen LogP contribution < -0.4 is 10.6 Å². The van der Waals surface area contributed by atoms with Gasteiger partial charge in [0.2, 0.25) is 0 Å². The van der Waals surface area contributed by atoms with Gasteiger partial charge in [0.05, 0.1) is 17.8 Å². The summed E-state index contributed by atoms with van der Waals surface area (Å²) in [5.41, 5.74) is 4.65. The van der Waals surface area contributed by atoms with E-state index >= 15 is 0 Å². The molecule has 2 N–H and O–H groups in total. The van der Waals surface area contributed by atoms with Crippen molar-refractivity contribution in [1.29, 1.82) is 0 Å². The molecule has 0 radical (unpaired) electrons. The van der Waals surface area contributed by atoms with E-state index in [1.54, 1.807) is 12.1 Å². The highest BCUT2D eigenvalue weighted by atomic mass is 35.5. The minimum atomic E-state index is -0.492. The van der Waals surface area contributed by atoms with Crippen LogP contribution in [-0.4, -0.2) is 13.2 Å². The SMILES string of the molecule is COC(=O)Nc1ccc(Nc2c(C)cc(C)cc2Cl)cc1. The van der Waals surface area contributed by atoms with Crippen molar-refractivity contribution in [3.05, 3.63) is 52.5 Å². The van der Waals surface area contributed by atoms with Crippen LogP contribution in [0.3, 0.4) is 0 Å². The van der Waals surface area contributed by atoms with Crippen molar-refractivity contribution in [3.63, 3.8) is 0 Å². The molecule has 0 aliphatic carbocycles. The molecule has 0 fully saturated rings. The van der Waals surface area contributed by atoms with Crippen LogP contribution in [0.5, 0.6) is 0 Å². The molecule has 110 valence electrons. The first-order valence-electron chi connectivity index (χ1n) is 6.48. The van der Waals surface area contributed by atoms with Crippen molar-refractivity contribution in [2.24, 2.45) is 0 Å². The smallest absolute Gasteiger partial charge is 0.411 e. The van der Waals surface area contributed by atoms with E-state index in [-0.39, 0.29) is 0 Å². The predicted molar refractivity (Wildman–Crippen MR) is 86.7 cm³/mol. The molecule has 0 atom stereocenters. The second-order valence-electron chi connectivity index (χ2n) is 4.76. The number of aryl methyl sites for hydroxylation is 2. The summed E-state index contributed by atoms with van der Waals surface area (Å²) in [5, 5.41) is 6.57. The Morgan fingerprint density at radius 1 is 1.10 bits per heavy atom. The zero-order chi connectivity index (χ0) is 15.4. The van der Waals surface area contributed by atoms with Crippen LogP contribution in [0.4, 0.5) is 21.9 Å². The van der Waals surface area contributed by atoms with E-state index < -0.39 is 6.09 Å². The molecule has 0 aliphatic rings. The summed E-state index contributed by atoms with van der Waals surface area (Å²) >= 11 is 6.27. The van der Waals surface area contributed by atoms with Crippen LogP contribution in [0.2, 0.25) is 5.02 Å². The largest absolute Gasteiger partial charge is 0.453 e. The number of carbonyl (C=O) groups is 1. The number of carbonyl (C=O) groups excluding carboxylic acids is 1. The van der Waals surface area contributed by atoms with Gasteiger partial charge in [0.25, 0.3) is 0 Å². The molecular weight excluding hydrogens is 288 g/mol. The number of hydrogen-bond donors (Lipinski definition) is 2. The van der Waals surface area contributed by atoms with Crippen molar-refractivity contribution < 1.29 is 9.53 Å². The number of anilines is 3. The molecule has 2 rings (SSSR count). The Morgan fingerprint density at radius 2 is 1.71 bits per heavy atom. The molecule has 0 saturated heterocycles. The Bertz CT molecular complexity index is 631. The van der Waals surface area contributed by atoms with E-state index in [1.165, 1.54) is 7.11 Å². The highest BCUT2D eigenvalue weighted by Crippen LogP contribution is 2.30. The Labute approximate surface area is 129 Å². The fourth-order valence-corrected chi connectivity index (χ4v) is 2.39. The molecule has 0 unspecified atom stereocenters. The van der Waals surface area contributed by atoms with Gasteiger partial charge < -0.3 is 10.1 Å². The molecule has 2 aromatic rings. The lowest BCUT2D eigenvalue weighted by Crippen LogP contribution is -2.10. The molecule has 5 heteroatoms.